The van der Waals surface area contributed by atoms with Gasteiger partial charge in [-0.25, -0.2) is 0 Å². The lowest BCUT2D eigenvalue weighted by atomic mass is 9.92. The molecular formula is C32H21NO. The van der Waals surface area contributed by atoms with Gasteiger partial charge in [0.15, 0.2) is 0 Å². The zero-order valence-corrected chi connectivity index (χ0v) is 18.5. The highest BCUT2D eigenvalue weighted by Gasteiger charge is 2.15. The molecule has 0 fully saturated rings. The quantitative estimate of drug-likeness (QED) is 0.202. The van der Waals surface area contributed by atoms with Crippen molar-refractivity contribution < 1.29 is 0 Å². The Morgan fingerprint density at radius 2 is 1.09 bits per heavy atom. The Morgan fingerprint density at radius 1 is 0.500 bits per heavy atom. The fourth-order valence-corrected chi connectivity index (χ4v) is 5.52. The lowest BCUT2D eigenvalue weighted by molar-refractivity contribution is 0.813. The molecule has 6 aromatic carbocycles. The molecule has 0 saturated carbocycles. The van der Waals surface area contributed by atoms with E-state index in [4.69, 9.17) is 0 Å². The van der Waals surface area contributed by atoms with Gasteiger partial charge in [-0.2, -0.15) is 0 Å². The van der Waals surface area contributed by atoms with Crippen molar-refractivity contribution in [3.8, 4) is 0 Å². The Hall–Kier alpha value is -4.43. The Bertz CT molecular complexity index is 1960. The van der Waals surface area contributed by atoms with Gasteiger partial charge in [-0.1, -0.05) is 97.1 Å². The smallest absolute Gasteiger partial charge is 0.259 e. The summed E-state index contributed by atoms with van der Waals surface area (Å²) in [7, 11) is 0. The van der Waals surface area contributed by atoms with Crippen LogP contribution in [0.3, 0.4) is 0 Å². The molecule has 0 amide bonds. The van der Waals surface area contributed by atoms with Crippen LogP contribution in [0.15, 0.2) is 120 Å². The molecule has 1 aromatic heterocycles. The van der Waals surface area contributed by atoms with Crippen molar-refractivity contribution in [1.29, 1.82) is 0 Å². The maximum atomic E-state index is 13.8. The SMILES string of the molecule is O=c1c2ccccc2c2ccccc2n1Cc1c2ccccc2cc2ccc3ccccc3c12. The van der Waals surface area contributed by atoms with Crippen molar-refractivity contribution in [1.82, 2.24) is 4.57 Å². The summed E-state index contributed by atoms with van der Waals surface area (Å²) in [4.78, 5) is 13.8. The third kappa shape index (κ3) is 2.72. The molecule has 0 aliphatic carbocycles. The molecule has 7 rings (SSSR count). The van der Waals surface area contributed by atoms with Crippen LogP contribution in [0.2, 0.25) is 0 Å². The van der Waals surface area contributed by atoms with E-state index in [9.17, 15) is 4.79 Å². The molecule has 0 aliphatic rings. The van der Waals surface area contributed by atoms with Crippen LogP contribution in [-0.4, -0.2) is 4.57 Å². The minimum Gasteiger partial charge on any atom is -0.303 e. The average Bonchev–Trinajstić information content (AvgIpc) is 2.90. The summed E-state index contributed by atoms with van der Waals surface area (Å²) in [6, 6.07) is 39.9. The lowest BCUT2D eigenvalue weighted by Gasteiger charge is -2.18. The van der Waals surface area contributed by atoms with Crippen LogP contribution >= 0.6 is 0 Å². The largest absolute Gasteiger partial charge is 0.303 e. The number of para-hydroxylation sites is 1. The molecule has 1 heterocycles. The molecule has 160 valence electrons. The van der Waals surface area contributed by atoms with Crippen LogP contribution in [0, 0.1) is 0 Å². The first-order valence-electron chi connectivity index (χ1n) is 11.6. The van der Waals surface area contributed by atoms with E-state index in [1.54, 1.807) is 0 Å². The topological polar surface area (TPSA) is 22.0 Å². The van der Waals surface area contributed by atoms with Crippen LogP contribution in [0.25, 0.3) is 54.0 Å². The standard InChI is InChI=1S/C32H21NO/c34-32-28-15-6-5-13-26(28)27-14-7-8-16-30(27)33(32)20-29-24-11-3-2-10-22(24)19-23-18-17-21-9-1-4-12-25(21)31(23)29/h1-19H,20H2. The van der Waals surface area contributed by atoms with Gasteiger partial charge >= 0.3 is 0 Å². The molecule has 7 aromatic rings. The van der Waals surface area contributed by atoms with Crippen LogP contribution < -0.4 is 5.56 Å². The number of hydrogen-bond donors (Lipinski definition) is 0. The molecule has 0 saturated heterocycles. The van der Waals surface area contributed by atoms with E-state index in [1.807, 2.05) is 41.0 Å². The van der Waals surface area contributed by atoms with Crippen LogP contribution in [0.5, 0.6) is 0 Å². The summed E-state index contributed by atoms with van der Waals surface area (Å²) in [6.45, 7) is 0.510. The first kappa shape index (κ1) is 19.1. The molecule has 0 bridgehead atoms. The maximum absolute atomic E-state index is 13.8. The van der Waals surface area contributed by atoms with Crippen LogP contribution in [0.1, 0.15) is 5.56 Å². The predicted octanol–water partition coefficient (Wildman–Crippen LogP) is 7.66. The van der Waals surface area contributed by atoms with Crippen molar-refractivity contribution in [2.75, 3.05) is 0 Å². The van der Waals surface area contributed by atoms with Gasteiger partial charge < -0.3 is 4.57 Å². The molecule has 34 heavy (non-hydrogen) atoms. The Labute approximate surface area is 196 Å². The summed E-state index contributed by atoms with van der Waals surface area (Å²) >= 11 is 0. The van der Waals surface area contributed by atoms with Crippen LogP contribution in [0.4, 0.5) is 0 Å². The van der Waals surface area contributed by atoms with E-state index in [-0.39, 0.29) is 5.56 Å². The fourth-order valence-electron chi connectivity index (χ4n) is 5.52. The highest BCUT2D eigenvalue weighted by atomic mass is 16.1. The number of aromatic nitrogens is 1. The number of fused-ring (bicyclic) bond motifs is 7. The van der Waals surface area contributed by atoms with Crippen molar-refractivity contribution in [3.05, 3.63) is 131 Å². The first-order chi connectivity index (χ1) is 16.8. The second-order valence-corrected chi connectivity index (χ2v) is 8.92. The Kier molecular flexibility index (Phi) is 4.09. The van der Waals surface area contributed by atoms with Gasteiger partial charge in [0.05, 0.1) is 12.1 Å². The number of hydrogen-bond acceptors (Lipinski definition) is 1. The third-order valence-electron chi connectivity index (χ3n) is 7.06. The van der Waals surface area contributed by atoms with Gasteiger partial charge in [-0.05, 0) is 61.5 Å². The van der Waals surface area contributed by atoms with Crippen molar-refractivity contribution in [3.63, 3.8) is 0 Å². The molecular weight excluding hydrogens is 414 g/mol. The van der Waals surface area contributed by atoms with Gasteiger partial charge in [0.25, 0.3) is 5.56 Å². The van der Waals surface area contributed by atoms with Gasteiger partial charge in [0.1, 0.15) is 0 Å². The number of nitrogens with zero attached hydrogens (tertiary/aromatic N) is 1. The fraction of sp³-hybridized carbons (Fsp3) is 0.0312. The summed E-state index contributed by atoms with van der Waals surface area (Å²) < 4.78 is 1.96. The second-order valence-electron chi connectivity index (χ2n) is 8.92. The molecule has 2 heteroatoms. The van der Waals surface area contributed by atoms with E-state index in [0.717, 1.165) is 21.7 Å². The number of benzene rings is 6. The Balaban J connectivity index is 1.65. The molecule has 0 unspecified atom stereocenters. The van der Waals surface area contributed by atoms with E-state index in [0.29, 0.717) is 6.54 Å². The van der Waals surface area contributed by atoms with E-state index < -0.39 is 0 Å². The van der Waals surface area contributed by atoms with Crippen molar-refractivity contribution in [2.45, 2.75) is 6.54 Å². The number of rotatable bonds is 2. The second kappa shape index (κ2) is 7.29. The molecule has 0 spiro atoms. The summed E-state index contributed by atoms with van der Waals surface area (Å²) in [6.07, 6.45) is 0. The summed E-state index contributed by atoms with van der Waals surface area (Å²) in [5.74, 6) is 0. The maximum Gasteiger partial charge on any atom is 0.259 e. The molecule has 0 N–H and O–H groups in total. The van der Waals surface area contributed by atoms with Gasteiger partial charge in [0.2, 0.25) is 0 Å². The normalized spacial score (nSPS) is 11.8. The molecule has 0 atom stereocenters. The van der Waals surface area contributed by atoms with Crippen molar-refractivity contribution in [2.24, 2.45) is 0 Å². The first-order valence-corrected chi connectivity index (χ1v) is 11.6. The molecule has 2 nitrogen and oxygen atoms in total. The van der Waals surface area contributed by atoms with Gasteiger partial charge in [-0.3, -0.25) is 4.79 Å². The minimum absolute atomic E-state index is 0.0515. The van der Waals surface area contributed by atoms with Crippen molar-refractivity contribution >= 4 is 54.0 Å². The lowest BCUT2D eigenvalue weighted by Crippen LogP contribution is -2.21. The van der Waals surface area contributed by atoms with Crippen LogP contribution in [-0.2, 0) is 6.54 Å². The summed E-state index contributed by atoms with van der Waals surface area (Å²) in [5.41, 5.74) is 2.20. The third-order valence-corrected chi connectivity index (χ3v) is 7.06. The van der Waals surface area contributed by atoms with E-state index >= 15 is 0 Å². The molecule has 0 radical (unpaired) electrons. The van der Waals surface area contributed by atoms with E-state index in [1.165, 1.54) is 37.9 Å². The minimum atomic E-state index is 0.0515. The zero-order chi connectivity index (χ0) is 22.6. The highest BCUT2D eigenvalue weighted by molar-refractivity contribution is 6.15. The zero-order valence-electron chi connectivity index (χ0n) is 18.5. The monoisotopic (exact) mass is 435 g/mol. The van der Waals surface area contributed by atoms with Gasteiger partial charge in [-0.15, -0.1) is 0 Å². The highest BCUT2D eigenvalue weighted by Crippen LogP contribution is 2.35. The predicted molar refractivity (Wildman–Crippen MR) is 144 cm³/mol. The van der Waals surface area contributed by atoms with Gasteiger partial charge in [0, 0.05) is 10.8 Å². The van der Waals surface area contributed by atoms with E-state index in [2.05, 4.69) is 78.9 Å². The number of pyridine rings is 1. The average molecular weight is 436 g/mol. The molecule has 0 aliphatic heterocycles. The Morgan fingerprint density at radius 3 is 1.91 bits per heavy atom. The summed E-state index contributed by atoms with van der Waals surface area (Å²) in [5, 5.41) is 10.1.